The summed E-state index contributed by atoms with van der Waals surface area (Å²) in [6.45, 7) is 5.33. The molecule has 5 heteroatoms. The van der Waals surface area contributed by atoms with Crippen LogP contribution in [0.3, 0.4) is 0 Å². The molecule has 0 amide bonds. The summed E-state index contributed by atoms with van der Waals surface area (Å²) in [6.07, 6.45) is 3.68. The zero-order valence-corrected chi connectivity index (χ0v) is 13.8. The van der Waals surface area contributed by atoms with Crippen LogP contribution in [0, 0.1) is 5.92 Å². The molecule has 2 nitrogen and oxygen atoms in total. The van der Waals surface area contributed by atoms with Gasteiger partial charge in [0.2, 0.25) is 0 Å². The van der Waals surface area contributed by atoms with E-state index in [0.29, 0.717) is 12.0 Å². The van der Waals surface area contributed by atoms with Crippen LogP contribution in [0.15, 0.2) is 10.5 Å². The maximum absolute atomic E-state index is 6.19. The molecule has 1 aromatic rings. The highest BCUT2D eigenvalue weighted by atomic mass is 79.9. The minimum absolute atomic E-state index is 0.456. The molecule has 0 aliphatic carbocycles. The quantitative estimate of drug-likeness (QED) is 0.877. The third kappa shape index (κ3) is 3.10. The number of halogens is 2. The Labute approximate surface area is 127 Å². The fraction of sp³-hybridized carbons (Fsp3) is 0.692. The molecule has 0 bridgehead atoms. The van der Waals surface area contributed by atoms with Gasteiger partial charge in [0.25, 0.3) is 0 Å². The molecule has 0 spiro atoms. The lowest BCUT2D eigenvalue weighted by molar-refractivity contribution is 0.0985. The van der Waals surface area contributed by atoms with Gasteiger partial charge in [-0.25, -0.2) is 0 Å². The number of nitrogens with zero attached hydrogens (tertiary/aromatic N) is 1. The second-order valence-electron chi connectivity index (χ2n) is 4.89. The molecule has 1 saturated heterocycles. The predicted molar refractivity (Wildman–Crippen MR) is 83.4 cm³/mol. The van der Waals surface area contributed by atoms with Crippen LogP contribution in [0.4, 0.5) is 0 Å². The standard InChI is InChI=1S/C13H20BrClN2S/c1-2-5-17-6-3-4-9(8-16)12(17)11-7-10(14)13(15)18-11/h7,9,12H,2-6,8,16H2,1H3. The van der Waals surface area contributed by atoms with Crippen molar-refractivity contribution < 1.29 is 0 Å². The van der Waals surface area contributed by atoms with Gasteiger partial charge in [-0.1, -0.05) is 18.5 Å². The normalized spacial score (nSPS) is 25.6. The van der Waals surface area contributed by atoms with E-state index < -0.39 is 0 Å². The van der Waals surface area contributed by atoms with E-state index in [1.165, 1.54) is 30.7 Å². The Morgan fingerprint density at radius 1 is 1.61 bits per heavy atom. The van der Waals surface area contributed by atoms with Crippen molar-refractivity contribution in [1.29, 1.82) is 0 Å². The fourth-order valence-corrected chi connectivity index (χ4v) is 4.82. The van der Waals surface area contributed by atoms with Gasteiger partial charge in [-0.05, 0) is 66.8 Å². The fourth-order valence-electron chi connectivity index (χ4n) is 2.86. The Kier molecular flexibility index (Phi) is 5.51. The number of likely N-dealkylation sites (tertiary alicyclic amines) is 1. The van der Waals surface area contributed by atoms with Crippen LogP contribution >= 0.6 is 38.9 Å². The van der Waals surface area contributed by atoms with E-state index in [4.69, 9.17) is 17.3 Å². The molecule has 102 valence electrons. The van der Waals surface area contributed by atoms with Gasteiger partial charge in [0.15, 0.2) is 0 Å². The molecule has 2 unspecified atom stereocenters. The lowest BCUT2D eigenvalue weighted by atomic mass is 9.88. The third-order valence-electron chi connectivity index (χ3n) is 3.63. The van der Waals surface area contributed by atoms with E-state index >= 15 is 0 Å². The van der Waals surface area contributed by atoms with Crippen molar-refractivity contribution in [3.8, 4) is 0 Å². The van der Waals surface area contributed by atoms with Gasteiger partial charge in [0.05, 0.1) is 0 Å². The first kappa shape index (κ1) is 14.8. The van der Waals surface area contributed by atoms with Crippen molar-refractivity contribution >= 4 is 38.9 Å². The molecule has 18 heavy (non-hydrogen) atoms. The maximum Gasteiger partial charge on any atom is 0.107 e. The summed E-state index contributed by atoms with van der Waals surface area (Å²) in [5, 5.41) is 0. The molecule has 2 N–H and O–H groups in total. The van der Waals surface area contributed by atoms with Gasteiger partial charge in [-0.3, -0.25) is 4.90 Å². The number of thiophene rings is 1. The summed E-state index contributed by atoms with van der Waals surface area (Å²) in [5.74, 6) is 0.562. The second kappa shape index (κ2) is 6.71. The largest absolute Gasteiger partial charge is 0.330 e. The summed E-state index contributed by atoms with van der Waals surface area (Å²) in [4.78, 5) is 3.94. The van der Waals surface area contributed by atoms with E-state index in [1.807, 2.05) is 0 Å². The van der Waals surface area contributed by atoms with Crippen LogP contribution < -0.4 is 5.73 Å². The van der Waals surface area contributed by atoms with Crippen molar-refractivity contribution in [3.05, 3.63) is 19.8 Å². The molecular formula is C13H20BrClN2S. The zero-order chi connectivity index (χ0) is 13.1. The molecule has 1 fully saturated rings. The molecule has 0 radical (unpaired) electrons. The van der Waals surface area contributed by atoms with Gasteiger partial charge in [0, 0.05) is 15.4 Å². The Balaban J connectivity index is 2.27. The molecule has 1 aliphatic heterocycles. The van der Waals surface area contributed by atoms with E-state index in [2.05, 4.69) is 33.8 Å². The predicted octanol–water partition coefficient (Wildman–Crippen LogP) is 4.29. The van der Waals surface area contributed by atoms with Crippen LogP contribution in [0.2, 0.25) is 4.34 Å². The maximum atomic E-state index is 6.19. The monoisotopic (exact) mass is 350 g/mol. The van der Waals surface area contributed by atoms with Crippen molar-refractivity contribution in [2.24, 2.45) is 11.7 Å². The Morgan fingerprint density at radius 3 is 2.94 bits per heavy atom. The van der Waals surface area contributed by atoms with Crippen LogP contribution in [0.1, 0.15) is 37.1 Å². The summed E-state index contributed by atoms with van der Waals surface area (Å²) >= 11 is 11.4. The van der Waals surface area contributed by atoms with Crippen molar-refractivity contribution in [2.45, 2.75) is 32.2 Å². The average Bonchev–Trinajstić information content (AvgIpc) is 2.69. The molecule has 2 rings (SSSR count). The number of hydrogen-bond acceptors (Lipinski definition) is 3. The highest BCUT2D eigenvalue weighted by Gasteiger charge is 2.32. The Hall–Kier alpha value is 0.390. The summed E-state index contributed by atoms with van der Waals surface area (Å²) < 4.78 is 1.87. The summed E-state index contributed by atoms with van der Waals surface area (Å²) in [5.41, 5.74) is 5.97. The molecule has 1 aliphatic rings. The first-order valence-electron chi connectivity index (χ1n) is 6.56. The Morgan fingerprint density at radius 2 is 2.39 bits per heavy atom. The van der Waals surface area contributed by atoms with E-state index in [0.717, 1.165) is 21.9 Å². The van der Waals surface area contributed by atoms with Gasteiger partial charge in [0.1, 0.15) is 4.34 Å². The van der Waals surface area contributed by atoms with Crippen LogP contribution in [0.25, 0.3) is 0 Å². The van der Waals surface area contributed by atoms with Crippen molar-refractivity contribution in [2.75, 3.05) is 19.6 Å². The lowest BCUT2D eigenvalue weighted by Crippen LogP contribution is -2.41. The molecular weight excluding hydrogens is 332 g/mol. The van der Waals surface area contributed by atoms with Gasteiger partial charge in [-0.15, -0.1) is 11.3 Å². The smallest absolute Gasteiger partial charge is 0.107 e. The van der Waals surface area contributed by atoms with Gasteiger partial charge in [-0.2, -0.15) is 0 Å². The van der Waals surface area contributed by atoms with Crippen LogP contribution in [0.5, 0.6) is 0 Å². The molecule has 1 aromatic heterocycles. The highest BCUT2D eigenvalue weighted by Crippen LogP contribution is 2.42. The molecule has 2 atom stereocenters. The first-order chi connectivity index (χ1) is 8.67. The highest BCUT2D eigenvalue weighted by molar-refractivity contribution is 9.10. The topological polar surface area (TPSA) is 29.3 Å². The van der Waals surface area contributed by atoms with Gasteiger partial charge < -0.3 is 5.73 Å². The second-order valence-corrected chi connectivity index (χ2v) is 7.43. The minimum Gasteiger partial charge on any atom is -0.330 e. The van der Waals surface area contributed by atoms with Crippen molar-refractivity contribution in [1.82, 2.24) is 4.90 Å². The minimum atomic E-state index is 0.456. The first-order valence-corrected chi connectivity index (χ1v) is 8.55. The Bertz CT molecular complexity index is 375. The van der Waals surface area contributed by atoms with E-state index in [-0.39, 0.29) is 0 Å². The van der Waals surface area contributed by atoms with E-state index in [1.54, 1.807) is 11.3 Å². The lowest BCUT2D eigenvalue weighted by Gasteiger charge is -2.40. The third-order valence-corrected chi connectivity index (χ3v) is 6.17. The van der Waals surface area contributed by atoms with Crippen LogP contribution in [-0.4, -0.2) is 24.5 Å². The van der Waals surface area contributed by atoms with Gasteiger partial charge >= 0.3 is 0 Å². The number of piperidine rings is 1. The zero-order valence-electron chi connectivity index (χ0n) is 10.7. The number of rotatable bonds is 4. The summed E-state index contributed by atoms with van der Waals surface area (Å²) in [6, 6.07) is 2.63. The van der Waals surface area contributed by atoms with Crippen molar-refractivity contribution in [3.63, 3.8) is 0 Å². The molecule has 0 saturated carbocycles. The van der Waals surface area contributed by atoms with E-state index in [9.17, 15) is 0 Å². The van der Waals surface area contributed by atoms with Crippen LogP contribution in [-0.2, 0) is 0 Å². The number of hydrogen-bond donors (Lipinski definition) is 1. The molecule has 0 aromatic carbocycles. The SMILES string of the molecule is CCCN1CCCC(CN)C1c1cc(Br)c(Cl)s1. The molecule has 2 heterocycles. The number of nitrogens with two attached hydrogens (primary N) is 1. The average molecular weight is 352 g/mol. The summed E-state index contributed by atoms with van der Waals surface area (Å²) in [7, 11) is 0.